The molecule has 0 amide bonds. The van der Waals surface area contributed by atoms with Crippen LogP contribution in [0.1, 0.15) is 24.4 Å². The number of thiazole rings is 1. The van der Waals surface area contributed by atoms with E-state index in [0.29, 0.717) is 5.56 Å². The van der Waals surface area contributed by atoms with Crippen LogP contribution in [0.4, 0.5) is 0 Å². The van der Waals surface area contributed by atoms with Crippen molar-refractivity contribution in [1.29, 1.82) is 5.26 Å². The van der Waals surface area contributed by atoms with Gasteiger partial charge < -0.3 is 0 Å². The number of fused-ring (bicyclic) bond motifs is 1. The van der Waals surface area contributed by atoms with Gasteiger partial charge in [0.25, 0.3) is 0 Å². The lowest BCUT2D eigenvalue weighted by molar-refractivity contribution is 1.34. The molecule has 0 saturated carbocycles. The van der Waals surface area contributed by atoms with Crippen molar-refractivity contribution in [3.63, 3.8) is 0 Å². The lowest BCUT2D eigenvalue weighted by Gasteiger charge is -1.87. The smallest absolute Gasteiger partial charge is 0.101 e. The van der Waals surface area contributed by atoms with E-state index in [-0.39, 0.29) is 0 Å². The fraction of sp³-hybridized carbons (Fsp3) is 0.273. The lowest BCUT2D eigenvalue weighted by atomic mass is 10.2. The van der Waals surface area contributed by atoms with Crippen LogP contribution in [0.2, 0.25) is 0 Å². The maximum Gasteiger partial charge on any atom is 0.101 e. The van der Waals surface area contributed by atoms with E-state index >= 15 is 0 Å². The molecular weight excluding hydrogens is 192 g/mol. The molecular formula is C11H12N2S. The molecule has 0 aliphatic carbocycles. The van der Waals surface area contributed by atoms with Gasteiger partial charge >= 0.3 is 0 Å². The molecule has 3 heteroatoms. The third-order valence-corrected chi connectivity index (χ3v) is 2.58. The summed E-state index contributed by atoms with van der Waals surface area (Å²) in [6.45, 7) is 5.95. The summed E-state index contributed by atoms with van der Waals surface area (Å²) in [6, 6.07) is 7.79. The largest absolute Gasteiger partial charge is 0.240 e. The maximum absolute atomic E-state index is 8.76. The zero-order valence-electron chi connectivity index (χ0n) is 8.53. The normalized spacial score (nSPS) is 9.00. The summed E-state index contributed by atoms with van der Waals surface area (Å²) in [5.41, 5.74) is 1.50. The van der Waals surface area contributed by atoms with Gasteiger partial charge in [-0.25, -0.2) is 4.98 Å². The lowest BCUT2D eigenvalue weighted by Crippen LogP contribution is -1.76. The highest BCUT2D eigenvalue weighted by molar-refractivity contribution is 7.18. The van der Waals surface area contributed by atoms with E-state index in [1.165, 1.54) is 0 Å². The number of nitrogens with zero attached hydrogens (tertiary/aromatic N) is 2. The zero-order chi connectivity index (χ0) is 10.6. The Morgan fingerprint density at radius 2 is 2.07 bits per heavy atom. The molecule has 2 nitrogen and oxygen atoms in total. The van der Waals surface area contributed by atoms with Gasteiger partial charge in [0.15, 0.2) is 0 Å². The minimum absolute atomic E-state index is 0.664. The van der Waals surface area contributed by atoms with Crippen molar-refractivity contribution in [3.8, 4) is 6.07 Å². The maximum atomic E-state index is 8.76. The second-order valence-electron chi connectivity index (χ2n) is 2.50. The Bertz CT molecular complexity index is 466. The number of aromatic nitrogens is 1. The Morgan fingerprint density at radius 1 is 1.36 bits per heavy atom. The summed E-state index contributed by atoms with van der Waals surface area (Å²) in [5, 5.41) is 9.77. The topological polar surface area (TPSA) is 36.7 Å². The highest BCUT2D eigenvalue weighted by Crippen LogP contribution is 2.23. The minimum Gasteiger partial charge on any atom is -0.240 e. The van der Waals surface area contributed by atoms with E-state index in [1.54, 1.807) is 17.4 Å². The molecule has 0 aliphatic heterocycles. The fourth-order valence-corrected chi connectivity index (χ4v) is 2.00. The van der Waals surface area contributed by atoms with Crippen molar-refractivity contribution in [1.82, 2.24) is 4.98 Å². The van der Waals surface area contributed by atoms with Crippen LogP contribution in [0.25, 0.3) is 10.2 Å². The van der Waals surface area contributed by atoms with Gasteiger partial charge in [0.05, 0.1) is 20.8 Å². The first-order valence-corrected chi connectivity index (χ1v) is 5.39. The van der Waals surface area contributed by atoms with Crippen LogP contribution in [-0.2, 0) is 0 Å². The predicted molar refractivity (Wildman–Crippen MR) is 60.4 cm³/mol. The van der Waals surface area contributed by atoms with Crippen molar-refractivity contribution in [2.24, 2.45) is 0 Å². The van der Waals surface area contributed by atoms with Crippen LogP contribution < -0.4 is 0 Å². The van der Waals surface area contributed by atoms with Gasteiger partial charge in [-0.2, -0.15) is 5.26 Å². The summed E-state index contributed by atoms with van der Waals surface area (Å²) in [5.74, 6) is 0. The second kappa shape index (κ2) is 4.73. The Labute approximate surface area is 87.8 Å². The Balaban J connectivity index is 0.000000461. The molecule has 2 aromatic rings. The molecule has 1 heterocycles. The van der Waals surface area contributed by atoms with Gasteiger partial charge in [-0.1, -0.05) is 19.9 Å². The first-order valence-electron chi connectivity index (χ1n) is 4.57. The van der Waals surface area contributed by atoms with Gasteiger partial charge in [-0.3, -0.25) is 0 Å². The number of nitriles is 1. The quantitative estimate of drug-likeness (QED) is 0.658. The minimum atomic E-state index is 0.664. The average molecular weight is 204 g/mol. The third-order valence-electron chi connectivity index (χ3n) is 1.65. The van der Waals surface area contributed by atoms with Crippen molar-refractivity contribution >= 4 is 21.6 Å². The van der Waals surface area contributed by atoms with Crippen molar-refractivity contribution in [2.45, 2.75) is 20.8 Å². The monoisotopic (exact) mass is 204 g/mol. The first-order chi connectivity index (χ1) is 6.81. The third kappa shape index (κ3) is 1.91. The Morgan fingerprint density at radius 3 is 2.71 bits per heavy atom. The van der Waals surface area contributed by atoms with Gasteiger partial charge in [-0.15, -0.1) is 11.3 Å². The van der Waals surface area contributed by atoms with E-state index in [1.807, 2.05) is 32.9 Å². The second-order valence-corrected chi connectivity index (χ2v) is 3.73. The number of hydrogen-bond acceptors (Lipinski definition) is 3. The van der Waals surface area contributed by atoms with E-state index in [4.69, 9.17) is 5.26 Å². The SMILES string of the molecule is CC.Cc1nc2c(C#N)cccc2s1. The molecule has 0 aliphatic rings. The Hall–Kier alpha value is -1.40. The molecule has 0 bridgehead atoms. The first kappa shape index (κ1) is 10.7. The van der Waals surface area contributed by atoms with Gasteiger partial charge in [-0.05, 0) is 19.1 Å². The molecule has 0 fully saturated rings. The molecule has 0 radical (unpaired) electrons. The molecule has 0 unspecified atom stereocenters. The summed E-state index contributed by atoms with van der Waals surface area (Å²) < 4.78 is 1.09. The van der Waals surface area contributed by atoms with E-state index in [9.17, 15) is 0 Å². The molecule has 72 valence electrons. The van der Waals surface area contributed by atoms with Crippen LogP contribution in [0.3, 0.4) is 0 Å². The molecule has 0 saturated heterocycles. The molecule has 0 atom stereocenters. The summed E-state index contributed by atoms with van der Waals surface area (Å²) in [7, 11) is 0. The molecule has 0 N–H and O–H groups in total. The summed E-state index contributed by atoms with van der Waals surface area (Å²) in [6.07, 6.45) is 0. The number of hydrogen-bond donors (Lipinski definition) is 0. The zero-order valence-corrected chi connectivity index (χ0v) is 9.35. The van der Waals surface area contributed by atoms with Gasteiger partial charge in [0.1, 0.15) is 6.07 Å². The molecule has 1 aromatic heterocycles. The van der Waals surface area contributed by atoms with E-state index < -0.39 is 0 Å². The highest BCUT2D eigenvalue weighted by atomic mass is 32.1. The number of para-hydroxylation sites is 1. The van der Waals surface area contributed by atoms with Gasteiger partial charge in [0, 0.05) is 0 Å². The molecule has 2 rings (SSSR count). The fourth-order valence-electron chi connectivity index (χ4n) is 1.15. The predicted octanol–water partition coefficient (Wildman–Crippen LogP) is 3.50. The Kier molecular flexibility index (Phi) is 3.61. The van der Waals surface area contributed by atoms with Crippen LogP contribution in [0.15, 0.2) is 18.2 Å². The van der Waals surface area contributed by atoms with Crippen LogP contribution >= 0.6 is 11.3 Å². The van der Waals surface area contributed by atoms with Crippen molar-refractivity contribution < 1.29 is 0 Å². The molecule has 14 heavy (non-hydrogen) atoms. The van der Waals surface area contributed by atoms with E-state index in [2.05, 4.69) is 11.1 Å². The number of aryl methyl sites for hydroxylation is 1. The highest BCUT2D eigenvalue weighted by Gasteiger charge is 2.03. The average Bonchev–Trinajstić information content (AvgIpc) is 2.60. The standard InChI is InChI=1S/C9H6N2S.C2H6/c1-6-11-9-7(5-10)3-2-4-8(9)12-6;1-2/h2-4H,1H3;1-2H3. The summed E-state index contributed by atoms with van der Waals surface area (Å²) in [4.78, 5) is 4.28. The molecule has 0 spiro atoms. The van der Waals surface area contributed by atoms with Crippen LogP contribution in [-0.4, -0.2) is 4.98 Å². The summed E-state index contributed by atoms with van der Waals surface area (Å²) >= 11 is 1.62. The number of rotatable bonds is 0. The van der Waals surface area contributed by atoms with Crippen LogP contribution in [0, 0.1) is 18.3 Å². The van der Waals surface area contributed by atoms with Crippen LogP contribution in [0.5, 0.6) is 0 Å². The molecule has 1 aromatic carbocycles. The van der Waals surface area contributed by atoms with Gasteiger partial charge in [0.2, 0.25) is 0 Å². The van der Waals surface area contributed by atoms with Crippen molar-refractivity contribution in [2.75, 3.05) is 0 Å². The van der Waals surface area contributed by atoms with E-state index in [0.717, 1.165) is 15.2 Å². The number of benzene rings is 1. The van der Waals surface area contributed by atoms with Crippen molar-refractivity contribution in [3.05, 3.63) is 28.8 Å².